The molecule has 4 heterocycles. The maximum absolute atomic E-state index is 13.5. The van der Waals surface area contributed by atoms with Crippen LogP contribution in [-0.2, 0) is 29.0 Å². The fourth-order valence-corrected chi connectivity index (χ4v) is 4.15. The summed E-state index contributed by atoms with van der Waals surface area (Å²) in [6, 6.07) is 4.18. The van der Waals surface area contributed by atoms with Crippen molar-refractivity contribution in [3.05, 3.63) is 64.6 Å². The van der Waals surface area contributed by atoms with E-state index in [9.17, 15) is 4.79 Å². The second kappa shape index (κ2) is 10.0. The third-order valence-corrected chi connectivity index (χ3v) is 5.90. The molecule has 31 heavy (non-hydrogen) atoms. The van der Waals surface area contributed by atoms with E-state index < -0.39 is 0 Å². The number of carbonyl (C=O) groups excluding carboxylic acids is 1. The summed E-state index contributed by atoms with van der Waals surface area (Å²) < 4.78 is 5.47. The molecule has 1 amide bonds. The number of allylic oxidation sites excluding steroid dienone is 2. The molecule has 1 N–H and O–H groups in total. The van der Waals surface area contributed by atoms with Crippen molar-refractivity contribution < 1.29 is 14.4 Å². The van der Waals surface area contributed by atoms with Gasteiger partial charge in [0.15, 0.2) is 0 Å². The molecular weight excluding hydrogens is 392 g/mol. The molecule has 0 aromatic carbocycles. The van der Waals surface area contributed by atoms with Gasteiger partial charge in [0.25, 0.3) is 5.91 Å². The second-order valence-electron chi connectivity index (χ2n) is 8.05. The topological polar surface area (TPSA) is 76.6 Å². The minimum absolute atomic E-state index is 0.171. The number of hydrogen-bond acceptors (Lipinski definition) is 6. The summed E-state index contributed by atoms with van der Waals surface area (Å²) >= 11 is 0. The Morgan fingerprint density at radius 2 is 2.03 bits per heavy atom. The van der Waals surface area contributed by atoms with Gasteiger partial charge >= 0.3 is 0 Å². The Balaban J connectivity index is 1.69. The van der Waals surface area contributed by atoms with Crippen molar-refractivity contribution in [2.75, 3.05) is 25.6 Å². The Morgan fingerprint density at radius 1 is 1.19 bits per heavy atom. The standard InChI is InChI=1S/C24H30N4O3/c1-17-14-18-6-4-3-5-7-21-22(24(29)28(30-2)16-19(18)15-26-17)8-11-25-23(21)27-20-9-12-31-13-10-20/h3,5,8,11,14-15,20H,4,6-7,9-10,12-13,16H2,1-2H3,(H,25,27)/b5-3-. The largest absolute Gasteiger partial charge is 0.381 e. The number of hydrogen-bond donors (Lipinski definition) is 1. The summed E-state index contributed by atoms with van der Waals surface area (Å²) in [7, 11) is 1.53. The van der Waals surface area contributed by atoms with Crippen LogP contribution in [0.15, 0.2) is 36.7 Å². The third-order valence-electron chi connectivity index (χ3n) is 5.90. The molecule has 0 saturated carbocycles. The third kappa shape index (κ3) is 5.11. The van der Waals surface area contributed by atoms with Crippen LogP contribution in [0.5, 0.6) is 0 Å². The molecule has 0 atom stereocenters. The number of fused-ring (bicyclic) bond motifs is 2. The molecule has 1 fully saturated rings. The lowest BCUT2D eigenvalue weighted by molar-refractivity contribution is -0.102. The molecule has 0 spiro atoms. The van der Waals surface area contributed by atoms with Crippen molar-refractivity contribution in [2.24, 2.45) is 0 Å². The number of rotatable bonds is 3. The Bertz CT molecular complexity index is 954. The predicted octanol–water partition coefficient (Wildman–Crippen LogP) is 3.62. The quantitative estimate of drug-likeness (QED) is 0.762. The van der Waals surface area contributed by atoms with Gasteiger partial charge in [-0.3, -0.25) is 14.6 Å². The van der Waals surface area contributed by atoms with E-state index in [4.69, 9.17) is 9.57 Å². The van der Waals surface area contributed by atoms with Crippen LogP contribution < -0.4 is 5.32 Å². The molecule has 2 aliphatic rings. The van der Waals surface area contributed by atoms with Crippen LogP contribution in [0.4, 0.5) is 5.82 Å². The van der Waals surface area contributed by atoms with E-state index in [0.717, 1.165) is 61.5 Å². The molecule has 7 nitrogen and oxygen atoms in total. The van der Waals surface area contributed by atoms with Crippen molar-refractivity contribution in [1.82, 2.24) is 15.0 Å². The van der Waals surface area contributed by atoms with Crippen LogP contribution in [0, 0.1) is 6.92 Å². The summed E-state index contributed by atoms with van der Waals surface area (Å²) in [5.74, 6) is 0.601. The highest BCUT2D eigenvalue weighted by Crippen LogP contribution is 2.25. The lowest BCUT2D eigenvalue weighted by Crippen LogP contribution is -2.32. The molecular formula is C24H30N4O3. The van der Waals surface area contributed by atoms with E-state index >= 15 is 0 Å². The predicted molar refractivity (Wildman–Crippen MR) is 119 cm³/mol. The van der Waals surface area contributed by atoms with E-state index in [0.29, 0.717) is 24.6 Å². The molecule has 2 aromatic heterocycles. The summed E-state index contributed by atoms with van der Waals surface area (Å²) in [5.41, 5.74) is 4.69. The summed E-state index contributed by atoms with van der Waals surface area (Å²) in [5, 5.41) is 4.96. The van der Waals surface area contributed by atoms with Crippen molar-refractivity contribution in [3.63, 3.8) is 0 Å². The molecule has 0 unspecified atom stereocenters. The van der Waals surface area contributed by atoms with Gasteiger partial charge in [-0.05, 0) is 62.3 Å². The van der Waals surface area contributed by atoms with E-state index in [1.807, 2.05) is 13.1 Å². The highest BCUT2D eigenvalue weighted by atomic mass is 16.7. The first-order valence-electron chi connectivity index (χ1n) is 10.9. The molecule has 0 aliphatic carbocycles. The zero-order valence-corrected chi connectivity index (χ0v) is 18.3. The number of carbonyl (C=O) groups is 1. The van der Waals surface area contributed by atoms with E-state index in [2.05, 4.69) is 33.5 Å². The van der Waals surface area contributed by atoms with Gasteiger partial charge in [0.2, 0.25) is 0 Å². The van der Waals surface area contributed by atoms with E-state index in [1.54, 1.807) is 12.3 Å². The number of amides is 1. The zero-order valence-electron chi connectivity index (χ0n) is 18.3. The average molecular weight is 423 g/mol. The lowest BCUT2D eigenvalue weighted by Gasteiger charge is -2.26. The summed E-state index contributed by atoms with van der Waals surface area (Å²) in [6.45, 7) is 3.83. The second-order valence-corrected chi connectivity index (χ2v) is 8.05. The highest BCUT2D eigenvalue weighted by molar-refractivity contribution is 5.96. The van der Waals surface area contributed by atoms with Crippen LogP contribution in [-0.4, -0.2) is 47.3 Å². The minimum atomic E-state index is -0.171. The first-order chi connectivity index (χ1) is 15.2. The number of pyridine rings is 2. The monoisotopic (exact) mass is 422 g/mol. The normalized spacial score (nSPS) is 19.0. The van der Waals surface area contributed by atoms with E-state index in [1.165, 1.54) is 17.7 Å². The van der Waals surface area contributed by atoms with Gasteiger partial charge in [-0.15, -0.1) is 0 Å². The SMILES string of the molecule is CON1Cc2cnc(C)cc2CC/C=C\Cc2c(ccnc2NC2CCOCC2)C1=O. The first-order valence-corrected chi connectivity index (χ1v) is 10.9. The lowest BCUT2D eigenvalue weighted by atomic mass is 10.00. The number of nitrogens with zero attached hydrogens (tertiary/aromatic N) is 3. The number of aromatic nitrogens is 2. The molecule has 164 valence electrons. The van der Waals surface area contributed by atoms with Crippen molar-refractivity contribution in [1.29, 1.82) is 0 Å². The highest BCUT2D eigenvalue weighted by Gasteiger charge is 2.24. The Kier molecular flexibility index (Phi) is 6.94. The number of nitrogens with one attached hydrogen (secondary N) is 1. The minimum Gasteiger partial charge on any atom is -0.381 e. The van der Waals surface area contributed by atoms with Gasteiger partial charge in [-0.1, -0.05) is 12.2 Å². The van der Waals surface area contributed by atoms with Gasteiger partial charge in [0, 0.05) is 42.9 Å². The van der Waals surface area contributed by atoms with Crippen LogP contribution in [0.2, 0.25) is 0 Å². The number of hydroxylamine groups is 2. The molecule has 7 heteroatoms. The molecule has 2 aromatic rings. The van der Waals surface area contributed by atoms with Gasteiger partial charge in [0.05, 0.1) is 19.2 Å². The average Bonchev–Trinajstić information content (AvgIpc) is 2.78. The maximum atomic E-state index is 13.5. The number of aryl methyl sites for hydroxylation is 2. The fraction of sp³-hybridized carbons (Fsp3) is 0.458. The van der Waals surface area contributed by atoms with Crippen LogP contribution in [0.1, 0.15) is 52.0 Å². The van der Waals surface area contributed by atoms with Crippen LogP contribution in [0.3, 0.4) is 0 Å². The smallest absolute Gasteiger partial charge is 0.278 e. The van der Waals surface area contributed by atoms with Crippen LogP contribution >= 0.6 is 0 Å². The first kappa shape index (κ1) is 21.5. The van der Waals surface area contributed by atoms with Gasteiger partial charge < -0.3 is 10.1 Å². The molecule has 0 radical (unpaired) electrons. The van der Waals surface area contributed by atoms with E-state index in [-0.39, 0.29) is 5.91 Å². The van der Waals surface area contributed by atoms with Gasteiger partial charge in [0.1, 0.15) is 5.82 Å². The Morgan fingerprint density at radius 3 is 2.84 bits per heavy atom. The number of ether oxygens (including phenoxy) is 1. The Hall–Kier alpha value is -2.77. The van der Waals surface area contributed by atoms with Crippen LogP contribution in [0.25, 0.3) is 0 Å². The summed E-state index contributed by atoms with van der Waals surface area (Å²) in [4.78, 5) is 28.0. The van der Waals surface area contributed by atoms with Gasteiger partial charge in [-0.25, -0.2) is 10.0 Å². The zero-order chi connectivity index (χ0) is 21.6. The van der Waals surface area contributed by atoms with Crippen molar-refractivity contribution in [3.8, 4) is 0 Å². The number of anilines is 1. The molecule has 2 aliphatic heterocycles. The maximum Gasteiger partial charge on any atom is 0.278 e. The summed E-state index contributed by atoms with van der Waals surface area (Å²) in [6.07, 6.45) is 12.2. The Labute approximate surface area is 183 Å². The fourth-order valence-electron chi connectivity index (χ4n) is 4.15. The molecule has 1 saturated heterocycles. The molecule has 4 rings (SSSR count). The van der Waals surface area contributed by atoms with Crippen molar-refractivity contribution in [2.45, 2.75) is 51.6 Å². The van der Waals surface area contributed by atoms with Gasteiger partial charge in [-0.2, -0.15) is 0 Å². The van der Waals surface area contributed by atoms with Crippen molar-refractivity contribution >= 4 is 11.7 Å². The molecule has 0 bridgehead atoms.